The van der Waals surface area contributed by atoms with E-state index in [2.05, 4.69) is 17.2 Å². The van der Waals surface area contributed by atoms with E-state index in [0.717, 1.165) is 23.7 Å². The summed E-state index contributed by atoms with van der Waals surface area (Å²) in [5.41, 5.74) is 2.10. The van der Waals surface area contributed by atoms with E-state index in [-0.39, 0.29) is 6.04 Å². The van der Waals surface area contributed by atoms with Crippen molar-refractivity contribution in [2.75, 3.05) is 0 Å². The van der Waals surface area contributed by atoms with Crippen LogP contribution >= 0.6 is 0 Å². The highest BCUT2D eigenvalue weighted by atomic mass is 16.3. The van der Waals surface area contributed by atoms with Crippen LogP contribution in [0.2, 0.25) is 0 Å². The zero-order valence-corrected chi connectivity index (χ0v) is 9.60. The lowest BCUT2D eigenvalue weighted by Crippen LogP contribution is -2.18. The maximum absolute atomic E-state index is 5.32. The Morgan fingerprint density at radius 2 is 2.19 bits per heavy atom. The highest BCUT2D eigenvalue weighted by Crippen LogP contribution is 2.12. The summed E-state index contributed by atoms with van der Waals surface area (Å²) in [6.45, 7) is 4.83. The van der Waals surface area contributed by atoms with Crippen LogP contribution in [0.15, 0.2) is 41.0 Å². The minimum Gasteiger partial charge on any atom is -0.468 e. The summed E-state index contributed by atoms with van der Waals surface area (Å²) in [6, 6.07) is 10.1. The second-order valence-electron chi connectivity index (χ2n) is 3.89. The number of hydrogen-bond donors (Lipinski definition) is 1. The van der Waals surface area contributed by atoms with Crippen molar-refractivity contribution < 1.29 is 4.42 Å². The summed E-state index contributed by atoms with van der Waals surface area (Å²) in [6.07, 6.45) is 1.69. The number of pyridine rings is 1. The van der Waals surface area contributed by atoms with Crippen molar-refractivity contribution in [3.05, 3.63) is 53.7 Å². The summed E-state index contributed by atoms with van der Waals surface area (Å²) in [5.74, 6) is 0.952. The van der Waals surface area contributed by atoms with E-state index in [0.29, 0.717) is 0 Å². The first kappa shape index (κ1) is 10.9. The molecule has 0 bridgehead atoms. The Kier molecular flexibility index (Phi) is 3.37. The molecule has 2 rings (SSSR count). The van der Waals surface area contributed by atoms with Crippen molar-refractivity contribution in [3.63, 3.8) is 0 Å². The Morgan fingerprint density at radius 1 is 1.31 bits per heavy atom. The number of aromatic nitrogens is 1. The Morgan fingerprint density at radius 3 is 2.88 bits per heavy atom. The Bertz CT molecular complexity index is 437. The molecule has 0 aliphatic rings. The maximum Gasteiger partial charge on any atom is 0.120 e. The fourth-order valence-corrected chi connectivity index (χ4v) is 1.59. The zero-order chi connectivity index (χ0) is 11.4. The van der Waals surface area contributed by atoms with Crippen LogP contribution in [-0.4, -0.2) is 4.98 Å². The third kappa shape index (κ3) is 2.70. The Labute approximate surface area is 95.5 Å². The SMILES string of the molecule is Cc1cccc(CN[C@H](C)c2ccco2)n1. The molecule has 3 heteroatoms. The highest BCUT2D eigenvalue weighted by molar-refractivity contribution is 5.10. The van der Waals surface area contributed by atoms with Gasteiger partial charge in [0.05, 0.1) is 18.0 Å². The molecule has 0 saturated heterocycles. The Hall–Kier alpha value is -1.61. The molecule has 0 aliphatic carbocycles. The van der Waals surface area contributed by atoms with E-state index < -0.39 is 0 Å². The lowest BCUT2D eigenvalue weighted by molar-refractivity contribution is 0.428. The van der Waals surface area contributed by atoms with Gasteiger partial charge in [0.2, 0.25) is 0 Å². The van der Waals surface area contributed by atoms with Gasteiger partial charge in [0.1, 0.15) is 5.76 Å². The van der Waals surface area contributed by atoms with Gasteiger partial charge >= 0.3 is 0 Å². The number of furan rings is 1. The third-order valence-corrected chi connectivity index (χ3v) is 2.51. The monoisotopic (exact) mass is 216 g/mol. The van der Waals surface area contributed by atoms with E-state index >= 15 is 0 Å². The fraction of sp³-hybridized carbons (Fsp3) is 0.308. The second-order valence-corrected chi connectivity index (χ2v) is 3.89. The molecule has 0 saturated carbocycles. The largest absolute Gasteiger partial charge is 0.468 e. The molecule has 1 atom stereocenters. The van der Waals surface area contributed by atoms with E-state index in [1.54, 1.807) is 6.26 Å². The van der Waals surface area contributed by atoms with Gasteiger partial charge in [0, 0.05) is 12.2 Å². The van der Waals surface area contributed by atoms with Crippen LogP contribution in [-0.2, 0) is 6.54 Å². The summed E-state index contributed by atoms with van der Waals surface area (Å²) in [5, 5.41) is 3.37. The van der Waals surface area contributed by atoms with Crippen LogP contribution < -0.4 is 5.32 Å². The summed E-state index contributed by atoms with van der Waals surface area (Å²) in [7, 11) is 0. The average molecular weight is 216 g/mol. The molecule has 0 fully saturated rings. The van der Waals surface area contributed by atoms with Crippen molar-refractivity contribution >= 4 is 0 Å². The molecule has 2 aromatic rings. The van der Waals surface area contributed by atoms with Gasteiger partial charge in [0.15, 0.2) is 0 Å². The topological polar surface area (TPSA) is 38.1 Å². The second kappa shape index (κ2) is 4.94. The fourth-order valence-electron chi connectivity index (χ4n) is 1.59. The normalized spacial score (nSPS) is 12.6. The maximum atomic E-state index is 5.32. The highest BCUT2D eigenvalue weighted by Gasteiger charge is 2.07. The molecule has 16 heavy (non-hydrogen) atoms. The van der Waals surface area contributed by atoms with Crippen LogP contribution in [0.4, 0.5) is 0 Å². The van der Waals surface area contributed by atoms with Crippen LogP contribution in [0.3, 0.4) is 0 Å². The molecule has 0 radical (unpaired) electrons. The molecule has 0 spiro atoms. The van der Waals surface area contributed by atoms with E-state index in [9.17, 15) is 0 Å². The quantitative estimate of drug-likeness (QED) is 0.854. The number of rotatable bonds is 4. The Balaban J connectivity index is 1.92. The van der Waals surface area contributed by atoms with Crippen molar-refractivity contribution in [1.82, 2.24) is 10.3 Å². The third-order valence-electron chi connectivity index (χ3n) is 2.51. The lowest BCUT2D eigenvalue weighted by atomic mass is 10.2. The van der Waals surface area contributed by atoms with Crippen molar-refractivity contribution in [3.8, 4) is 0 Å². The molecule has 1 N–H and O–H groups in total. The number of hydrogen-bond acceptors (Lipinski definition) is 3. The zero-order valence-electron chi connectivity index (χ0n) is 9.60. The predicted octanol–water partition coefficient (Wildman–Crippen LogP) is 2.83. The summed E-state index contributed by atoms with van der Waals surface area (Å²) >= 11 is 0. The van der Waals surface area contributed by atoms with Gasteiger partial charge in [-0.2, -0.15) is 0 Å². The van der Waals surface area contributed by atoms with Crippen LogP contribution in [0.25, 0.3) is 0 Å². The molecular formula is C13H16N2O. The minimum atomic E-state index is 0.206. The molecule has 0 aromatic carbocycles. The van der Waals surface area contributed by atoms with Gasteiger partial charge in [-0.3, -0.25) is 4.98 Å². The standard InChI is InChI=1S/C13H16N2O/c1-10-5-3-6-12(15-10)9-14-11(2)13-7-4-8-16-13/h3-8,11,14H,9H2,1-2H3/t11-/m1/s1. The van der Waals surface area contributed by atoms with Crippen LogP contribution in [0, 0.1) is 6.92 Å². The molecule has 2 heterocycles. The molecular weight excluding hydrogens is 200 g/mol. The van der Waals surface area contributed by atoms with E-state index in [4.69, 9.17) is 4.42 Å². The predicted molar refractivity (Wildman–Crippen MR) is 62.9 cm³/mol. The molecule has 0 aliphatic heterocycles. The van der Waals surface area contributed by atoms with Crippen LogP contribution in [0.5, 0.6) is 0 Å². The first-order chi connectivity index (χ1) is 7.75. The van der Waals surface area contributed by atoms with Crippen LogP contribution in [0.1, 0.15) is 30.1 Å². The van der Waals surface area contributed by atoms with Gasteiger partial charge in [-0.25, -0.2) is 0 Å². The summed E-state index contributed by atoms with van der Waals surface area (Å²) in [4.78, 5) is 4.43. The molecule has 0 unspecified atom stereocenters. The minimum absolute atomic E-state index is 0.206. The first-order valence-electron chi connectivity index (χ1n) is 5.45. The van der Waals surface area contributed by atoms with Crippen molar-refractivity contribution in [2.45, 2.75) is 26.4 Å². The molecule has 0 amide bonds. The number of aryl methyl sites for hydroxylation is 1. The van der Waals surface area contributed by atoms with Crippen molar-refractivity contribution in [1.29, 1.82) is 0 Å². The van der Waals surface area contributed by atoms with Gasteiger partial charge in [-0.05, 0) is 38.1 Å². The summed E-state index contributed by atoms with van der Waals surface area (Å²) < 4.78 is 5.32. The van der Waals surface area contributed by atoms with Gasteiger partial charge in [0.25, 0.3) is 0 Å². The lowest BCUT2D eigenvalue weighted by Gasteiger charge is -2.10. The van der Waals surface area contributed by atoms with E-state index in [1.165, 1.54) is 0 Å². The molecule has 2 aromatic heterocycles. The molecule has 84 valence electrons. The average Bonchev–Trinajstić information content (AvgIpc) is 2.79. The number of nitrogens with one attached hydrogen (secondary N) is 1. The van der Waals surface area contributed by atoms with Crippen molar-refractivity contribution in [2.24, 2.45) is 0 Å². The van der Waals surface area contributed by atoms with Gasteiger partial charge in [-0.1, -0.05) is 6.07 Å². The number of nitrogens with zero attached hydrogens (tertiary/aromatic N) is 1. The molecule has 3 nitrogen and oxygen atoms in total. The smallest absolute Gasteiger partial charge is 0.120 e. The first-order valence-corrected chi connectivity index (χ1v) is 5.45. The van der Waals surface area contributed by atoms with Gasteiger partial charge < -0.3 is 9.73 Å². The van der Waals surface area contributed by atoms with E-state index in [1.807, 2.05) is 37.3 Å². The van der Waals surface area contributed by atoms with Gasteiger partial charge in [-0.15, -0.1) is 0 Å².